The van der Waals surface area contributed by atoms with E-state index in [1.807, 2.05) is 18.2 Å². The Bertz CT molecular complexity index is 1200. The van der Waals surface area contributed by atoms with Crippen LogP contribution in [0.15, 0.2) is 47.5 Å². The van der Waals surface area contributed by atoms with Gasteiger partial charge in [0.25, 0.3) is 5.56 Å². The highest BCUT2D eigenvalue weighted by molar-refractivity contribution is 5.57. The maximum Gasteiger partial charge on any atom is 0.267 e. The van der Waals surface area contributed by atoms with Gasteiger partial charge in [0.2, 0.25) is 0 Å². The first kappa shape index (κ1) is 19.4. The first-order valence-electron chi connectivity index (χ1n) is 10.5. The Labute approximate surface area is 179 Å². The van der Waals surface area contributed by atoms with Gasteiger partial charge >= 0.3 is 0 Å². The molecule has 0 amide bonds. The van der Waals surface area contributed by atoms with E-state index in [0.717, 1.165) is 42.5 Å². The average molecular weight is 414 g/mol. The lowest BCUT2D eigenvalue weighted by atomic mass is 9.95. The molecule has 3 aromatic rings. The third-order valence-corrected chi connectivity index (χ3v) is 5.91. The molecule has 0 radical (unpaired) electrons. The van der Waals surface area contributed by atoms with Gasteiger partial charge in [0.1, 0.15) is 17.9 Å². The number of nitriles is 1. The van der Waals surface area contributed by atoms with Gasteiger partial charge in [-0.15, -0.1) is 0 Å². The van der Waals surface area contributed by atoms with Crippen molar-refractivity contribution in [3.05, 3.63) is 69.9 Å². The Balaban J connectivity index is 1.46. The van der Waals surface area contributed by atoms with Gasteiger partial charge in [-0.3, -0.25) is 9.78 Å². The summed E-state index contributed by atoms with van der Waals surface area (Å²) < 4.78 is 7.18. The van der Waals surface area contributed by atoms with E-state index in [1.54, 1.807) is 18.5 Å². The van der Waals surface area contributed by atoms with Gasteiger partial charge in [-0.1, -0.05) is 0 Å². The van der Waals surface area contributed by atoms with E-state index in [1.165, 1.54) is 10.7 Å². The molecular formula is C23H22N6O2. The van der Waals surface area contributed by atoms with Crippen LogP contribution in [0.1, 0.15) is 35.7 Å². The first-order valence-corrected chi connectivity index (χ1v) is 10.5. The molecule has 5 rings (SSSR count). The molecule has 3 aromatic heterocycles. The maximum absolute atomic E-state index is 12.6. The quantitative estimate of drug-likeness (QED) is 0.699. The van der Waals surface area contributed by atoms with Gasteiger partial charge in [-0.05, 0) is 55.5 Å². The molecule has 0 saturated carbocycles. The van der Waals surface area contributed by atoms with Crippen molar-refractivity contribution >= 4 is 5.82 Å². The molecule has 1 aliphatic carbocycles. The molecule has 31 heavy (non-hydrogen) atoms. The second kappa shape index (κ2) is 8.28. The fourth-order valence-corrected chi connectivity index (χ4v) is 4.27. The van der Waals surface area contributed by atoms with Crippen molar-refractivity contribution < 1.29 is 4.74 Å². The van der Waals surface area contributed by atoms with Gasteiger partial charge in [0.05, 0.1) is 30.5 Å². The molecule has 0 bridgehead atoms. The van der Waals surface area contributed by atoms with Gasteiger partial charge in [0, 0.05) is 29.7 Å². The van der Waals surface area contributed by atoms with Crippen molar-refractivity contribution in [3.8, 4) is 17.3 Å². The number of aryl methyl sites for hydroxylation is 2. The predicted molar refractivity (Wildman–Crippen MR) is 115 cm³/mol. The second-order valence-electron chi connectivity index (χ2n) is 7.90. The summed E-state index contributed by atoms with van der Waals surface area (Å²) in [4.78, 5) is 21.4. The molecular weight excluding hydrogens is 392 g/mol. The number of rotatable bonds is 4. The van der Waals surface area contributed by atoms with Crippen LogP contribution in [0.4, 0.5) is 5.82 Å². The standard InChI is InChI=1S/C23H22N6O2/c24-12-17-11-16-3-1-2-4-18(16)26-23(17)27-20-13-31-14-21(20)29-22(30)6-5-19(28-29)15-7-9-25-10-8-15/h5-11,20-21H,1-4,13-14H2,(H,26,27). The van der Waals surface area contributed by atoms with Gasteiger partial charge in [-0.25, -0.2) is 9.67 Å². The van der Waals surface area contributed by atoms with E-state index in [0.29, 0.717) is 30.3 Å². The van der Waals surface area contributed by atoms with Gasteiger partial charge in [0.15, 0.2) is 0 Å². The van der Waals surface area contributed by atoms with E-state index >= 15 is 0 Å². The van der Waals surface area contributed by atoms with Crippen LogP contribution in [0.2, 0.25) is 0 Å². The number of anilines is 1. The van der Waals surface area contributed by atoms with Crippen LogP contribution in [0, 0.1) is 11.3 Å². The fourth-order valence-electron chi connectivity index (χ4n) is 4.27. The zero-order chi connectivity index (χ0) is 21.2. The second-order valence-corrected chi connectivity index (χ2v) is 7.90. The van der Waals surface area contributed by atoms with Crippen LogP contribution in [0.5, 0.6) is 0 Å². The largest absolute Gasteiger partial charge is 0.377 e. The number of ether oxygens (including phenoxy) is 1. The topological polar surface area (TPSA) is 106 Å². The van der Waals surface area contributed by atoms with Crippen LogP contribution in [-0.4, -0.2) is 39.0 Å². The molecule has 2 unspecified atom stereocenters. The highest BCUT2D eigenvalue weighted by atomic mass is 16.5. The highest BCUT2D eigenvalue weighted by Gasteiger charge is 2.32. The summed E-state index contributed by atoms with van der Waals surface area (Å²) in [6.07, 6.45) is 7.53. The number of pyridine rings is 2. The summed E-state index contributed by atoms with van der Waals surface area (Å²) in [5.41, 5.74) is 4.12. The lowest BCUT2D eigenvalue weighted by Crippen LogP contribution is -2.37. The van der Waals surface area contributed by atoms with E-state index in [-0.39, 0.29) is 17.6 Å². The Kier molecular flexibility index (Phi) is 5.18. The monoisotopic (exact) mass is 414 g/mol. The van der Waals surface area contributed by atoms with Crippen LogP contribution in [0.25, 0.3) is 11.3 Å². The lowest BCUT2D eigenvalue weighted by Gasteiger charge is -2.23. The fraction of sp³-hybridized carbons (Fsp3) is 0.348. The molecule has 8 nitrogen and oxygen atoms in total. The molecule has 1 aliphatic heterocycles. The first-order chi connectivity index (χ1) is 15.2. The molecule has 2 aliphatic rings. The minimum Gasteiger partial charge on any atom is -0.377 e. The molecule has 8 heteroatoms. The minimum atomic E-state index is -0.307. The Morgan fingerprint density at radius 3 is 2.81 bits per heavy atom. The molecule has 1 N–H and O–H groups in total. The number of hydrogen-bond donors (Lipinski definition) is 1. The number of nitrogens with one attached hydrogen (secondary N) is 1. The van der Waals surface area contributed by atoms with Crippen LogP contribution < -0.4 is 10.9 Å². The van der Waals surface area contributed by atoms with Gasteiger partial charge in [-0.2, -0.15) is 10.4 Å². The number of nitrogens with zero attached hydrogens (tertiary/aromatic N) is 5. The summed E-state index contributed by atoms with van der Waals surface area (Å²) in [5.74, 6) is 0.557. The van der Waals surface area contributed by atoms with E-state index in [9.17, 15) is 10.1 Å². The Morgan fingerprint density at radius 2 is 1.97 bits per heavy atom. The minimum absolute atomic E-state index is 0.195. The highest BCUT2D eigenvalue weighted by Crippen LogP contribution is 2.27. The predicted octanol–water partition coefficient (Wildman–Crippen LogP) is 2.50. The molecule has 0 aromatic carbocycles. The van der Waals surface area contributed by atoms with E-state index in [4.69, 9.17) is 9.72 Å². The molecule has 1 fully saturated rings. The zero-order valence-corrected chi connectivity index (χ0v) is 17.0. The zero-order valence-electron chi connectivity index (χ0n) is 17.0. The van der Waals surface area contributed by atoms with Crippen molar-refractivity contribution in [2.45, 2.75) is 37.8 Å². The smallest absolute Gasteiger partial charge is 0.267 e. The number of fused-ring (bicyclic) bond motifs is 1. The van der Waals surface area contributed by atoms with Crippen LogP contribution in [0.3, 0.4) is 0 Å². The molecule has 4 heterocycles. The van der Waals surface area contributed by atoms with E-state index in [2.05, 4.69) is 21.5 Å². The molecule has 156 valence electrons. The SMILES string of the molecule is N#Cc1cc2c(nc1NC1COCC1n1nc(-c3ccncc3)ccc1=O)CCCC2. The molecule has 1 saturated heterocycles. The van der Waals surface area contributed by atoms with Crippen molar-refractivity contribution in [3.63, 3.8) is 0 Å². The van der Waals surface area contributed by atoms with E-state index < -0.39 is 0 Å². The maximum atomic E-state index is 12.6. The van der Waals surface area contributed by atoms with Crippen molar-refractivity contribution in [2.24, 2.45) is 0 Å². The van der Waals surface area contributed by atoms with Crippen LogP contribution in [-0.2, 0) is 17.6 Å². The third kappa shape index (κ3) is 3.80. The summed E-state index contributed by atoms with van der Waals surface area (Å²) in [6.45, 7) is 0.763. The number of hydrogen-bond acceptors (Lipinski definition) is 7. The summed E-state index contributed by atoms with van der Waals surface area (Å²) in [6, 6.07) is 10.6. The van der Waals surface area contributed by atoms with Gasteiger partial charge < -0.3 is 10.1 Å². The summed E-state index contributed by atoms with van der Waals surface area (Å²) in [7, 11) is 0. The van der Waals surface area contributed by atoms with Crippen molar-refractivity contribution in [1.82, 2.24) is 19.7 Å². The Morgan fingerprint density at radius 1 is 1.13 bits per heavy atom. The summed E-state index contributed by atoms with van der Waals surface area (Å²) >= 11 is 0. The van der Waals surface area contributed by atoms with Crippen molar-refractivity contribution in [2.75, 3.05) is 18.5 Å². The Hall–Kier alpha value is -3.57. The van der Waals surface area contributed by atoms with Crippen LogP contribution >= 0.6 is 0 Å². The molecule has 0 spiro atoms. The average Bonchev–Trinajstić information content (AvgIpc) is 3.27. The lowest BCUT2D eigenvalue weighted by molar-refractivity contribution is 0.183. The summed E-state index contributed by atoms with van der Waals surface area (Å²) in [5, 5.41) is 17.6. The normalized spacial score (nSPS) is 20.1. The molecule has 2 atom stereocenters. The third-order valence-electron chi connectivity index (χ3n) is 5.91. The number of aromatic nitrogens is 4. The van der Waals surface area contributed by atoms with Crippen molar-refractivity contribution in [1.29, 1.82) is 5.26 Å².